The molecule has 0 unspecified atom stereocenters. The second kappa shape index (κ2) is 6.89. The van der Waals surface area contributed by atoms with Crippen molar-refractivity contribution < 1.29 is 4.74 Å². The number of fused-ring (bicyclic) bond motifs is 3. The van der Waals surface area contributed by atoms with Gasteiger partial charge < -0.3 is 9.30 Å². The number of aromatic nitrogens is 6. The van der Waals surface area contributed by atoms with Crippen LogP contribution in [0.25, 0.3) is 27.9 Å². The van der Waals surface area contributed by atoms with Gasteiger partial charge in [0.15, 0.2) is 16.6 Å². The van der Waals surface area contributed by atoms with Crippen LogP contribution in [0.4, 0.5) is 0 Å². The lowest BCUT2D eigenvalue weighted by Gasteiger charge is -2.08. The van der Waals surface area contributed by atoms with Gasteiger partial charge in [-0.05, 0) is 36.9 Å². The van der Waals surface area contributed by atoms with Gasteiger partial charge in [0, 0.05) is 24.1 Å². The van der Waals surface area contributed by atoms with Gasteiger partial charge in [0.2, 0.25) is 0 Å². The van der Waals surface area contributed by atoms with E-state index in [0.29, 0.717) is 0 Å². The maximum absolute atomic E-state index is 5.33. The Kier molecular flexibility index (Phi) is 4.21. The third-order valence-corrected chi connectivity index (χ3v) is 5.78. The summed E-state index contributed by atoms with van der Waals surface area (Å²) in [5.74, 6) is 1.56. The molecule has 3 aromatic heterocycles. The number of benzene rings is 2. The number of para-hydroxylation sites is 1. The van der Waals surface area contributed by atoms with E-state index >= 15 is 0 Å². The summed E-state index contributed by atoms with van der Waals surface area (Å²) in [6, 6.07) is 17.9. The molecule has 0 amide bonds. The molecule has 29 heavy (non-hydrogen) atoms. The Morgan fingerprint density at radius 2 is 1.86 bits per heavy atom. The van der Waals surface area contributed by atoms with Gasteiger partial charge in [0.1, 0.15) is 10.8 Å². The van der Waals surface area contributed by atoms with Crippen LogP contribution in [0.1, 0.15) is 5.69 Å². The van der Waals surface area contributed by atoms with Crippen molar-refractivity contribution in [3.8, 4) is 17.1 Å². The van der Waals surface area contributed by atoms with Crippen molar-refractivity contribution in [3.05, 3.63) is 60.3 Å². The summed E-state index contributed by atoms with van der Waals surface area (Å²) < 4.78 is 9.18. The summed E-state index contributed by atoms with van der Waals surface area (Å²) in [6.45, 7) is 1.97. The third-order valence-electron chi connectivity index (χ3n) is 4.74. The number of hydrogen-bond acceptors (Lipinski definition) is 6. The summed E-state index contributed by atoms with van der Waals surface area (Å²) in [7, 11) is 3.61. The Balaban J connectivity index is 1.60. The molecule has 3 heterocycles. The van der Waals surface area contributed by atoms with Crippen LogP contribution in [0.3, 0.4) is 0 Å². The van der Waals surface area contributed by atoms with Gasteiger partial charge >= 0.3 is 0 Å². The van der Waals surface area contributed by atoms with E-state index < -0.39 is 0 Å². The zero-order chi connectivity index (χ0) is 20.0. The highest BCUT2D eigenvalue weighted by Crippen LogP contribution is 2.33. The van der Waals surface area contributed by atoms with Crippen molar-refractivity contribution in [2.75, 3.05) is 7.11 Å². The van der Waals surface area contributed by atoms with Crippen molar-refractivity contribution in [1.29, 1.82) is 0 Å². The van der Waals surface area contributed by atoms with E-state index in [1.807, 2.05) is 65.5 Å². The number of methoxy groups -OCH3 is 1. The lowest BCUT2D eigenvalue weighted by molar-refractivity contribution is 0.415. The molecule has 0 aliphatic heterocycles. The number of aryl methyl sites for hydroxylation is 1. The molecule has 0 radical (unpaired) electrons. The van der Waals surface area contributed by atoms with Crippen LogP contribution in [0, 0.1) is 6.92 Å². The third kappa shape index (κ3) is 3.01. The van der Waals surface area contributed by atoms with Gasteiger partial charge in [-0.1, -0.05) is 30.3 Å². The van der Waals surface area contributed by atoms with E-state index in [2.05, 4.69) is 27.4 Å². The topological polar surface area (TPSA) is 70.1 Å². The number of ether oxygens (including phenoxy) is 1. The summed E-state index contributed by atoms with van der Waals surface area (Å²) >= 11 is 1.50. The second-order valence-corrected chi connectivity index (χ2v) is 7.65. The van der Waals surface area contributed by atoms with Crippen LogP contribution in [0.5, 0.6) is 5.75 Å². The smallest absolute Gasteiger partial charge is 0.197 e. The molecule has 0 N–H and O–H groups in total. The molecule has 5 aromatic rings. The molecule has 0 saturated heterocycles. The Morgan fingerprint density at radius 3 is 2.72 bits per heavy atom. The first kappa shape index (κ1) is 17.7. The van der Waals surface area contributed by atoms with Gasteiger partial charge in [-0.15, -0.1) is 10.2 Å². The SMILES string of the molecule is COc1cccc(-c2nnc(Sc3nc4cc(C)nn4c4ccccc34)n2C)c1. The molecule has 0 bridgehead atoms. The average molecular weight is 402 g/mol. The van der Waals surface area contributed by atoms with E-state index in [-0.39, 0.29) is 0 Å². The minimum absolute atomic E-state index is 0.765. The number of rotatable bonds is 4. The predicted octanol–water partition coefficient (Wildman–Crippen LogP) is 4.15. The fraction of sp³-hybridized carbons (Fsp3) is 0.143. The van der Waals surface area contributed by atoms with Crippen molar-refractivity contribution in [1.82, 2.24) is 29.4 Å². The largest absolute Gasteiger partial charge is 0.497 e. The molecule has 0 spiro atoms. The van der Waals surface area contributed by atoms with Crippen LogP contribution < -0.4 is 4.74 Å². The molecule has 0 aliphatic carbocycles. The molecular weight excluding hydrogens is 384 g/mol. The minimum Gasteiger partial charge on any atom is -0.497 e. The molecule has 0 aliphatic rings. The monoisotopic (exact) mass is 402 g/mol. The van der Waals surface area contributed by atoms with Crippen molar-refractivity contribution in [2.24, 2.45) is 7.05 Å². The zero-order valence-electron chi connectivity index (χ0n) is 16.2. The van der Waals surface area contributed by atoms with Crippen LogP contribution in [-0.4, -0.2) is 36.5 Å². The molecule has 0 atom stereocenters. The number of nitrogens with zero attached hydrogens (tertiary/aromatic N) is 6. The van der Waals surface area contributed by atoms with Crippen LogP contribution in [0.2, 0.25) is 0 Å². The highest BCUT2D eigenvalue weighted by molar-refractivity contribution is 7.99. The standard InChI is InChI=1S/C21H18N6OS/c1-13-11-18-22-20(16-9-4-5-10-17(16)27(18)25-13)29-21-24-23-19(26(21)2)14-7-6-8-15(12-14)28-3/h4-12H,1-3H3. The van der Waals surface area contributed by atoms with Crippen LogP contribution in [-0.2, 0) is 7.05 Å². The van der Waals surface area contributed by atoms with Crippen molar-refractivity contribution in [2.45, 2.75) is 17.1 Å². The average Bonchev–Trinajstić information content (AvgIpc) is 3.30. The maximum atomic E-state index is 5.33. The molecule has 2 aromatic carbocycles. The molecule has 0 fully saturated rings. The highest BCUT2D eigenvalue weighted by Gasteiger charge is 2.16. The maximum Gasteiger partial charge on any atom is 0.197 e. The van der Waals surface area contributed by atoms with Crippen LogP contribution in [0.15, 0.2) is 64.8 Å². The normalized spacial score (nSPS) is 11.4. The van der Waals surface area contributed by atoms with Gasteiger partial charge in [-0.25, -0.2) is 9.50 Å². The highest BCUT2D eigenvalue weighted by atomic mass is 32.2. The lowest BCUT2D eigenvalue weighted by atomic mass is 10.2. The van der Waals surface area contributed by atoms with Gasteiger partial charge in [-0.3, -0.25) is 0 Å². The lowest BCUT2D eigenvalue weighted by Crippen LogP contribution is -1.98. The Morgan fingerprint density at radius 1 is 1.00 bits per heavy atom. The first-order valence-electron chi connectivity index (χ1n) is 9.11. The summed E-state index contributed by atoms with van der Waals surface area (Å²) in [6.07, 6.45) is 0. The van der Waals surface area contributed by atoms with Gasteiger partial charge in [0.05, 0.1) is 18.3 Å². The Labute approximate surface area is 171 Å². The molecule has 7 nitrogen and oxygen atoms in total. The fourth-order valence-electron chi connectivity index (χ4n) is 3.33. The molecule has 8 heteroatoms. The van der Waals surface area contributed by atoms with Crippen LogP contribution >= 0.6 is 11.8 Å². The first-order chi connectivity index (χ1) is 14.1. The van der Waals surface area contributed by atoms with Gasteiger partial charge in [-0.2, -0.15) is 5.10 Å². The van der Waals surface area contributed by atoms with Gasteiger partial charge in [0.25, 0.3) is 0 Å². The Hall–Kier alpha value is -3.39. The summed E-state index contributed by atoms with van der Waals surface area (Å²) in [5, 5.41) is 16.0. The minimum atomic E-state index is 0.765. The first-order valence-corrected chi connectivity index (χ1v) is 9.92. The second-order valence-electron chi connectivity index (χ2n) is 6.69. The van der Waals surface area contributed by atoms with Crippen molar-refractivity contribution >= 4 is 28.3 Å². The molecular formula is C21H18N6OS. The Bertz CT molecular complexity index is 1360. The van der Waals surface area contributed by atoms with E-state index in [0.717, 1.165) is 49.6 Å². The summed E-state index contributed by atoms with van der Waals surface area (Å²) in [4.78, 5) is 4.83. The zero-order valence-corrected chi connectivity index (χ0v) is 17.0. The van der Waals surface area contributed by atoms with E-state index in [1.165, 1.54) is 11.8 Å². The predicted molar refractivity (Wildman–Crippen MR) is 112 cm³/mol. The van der Waals surface area contributed by atoms with E-state index in [4.69, 9.17) is 9.72 Å². The molecule has 5 rings (SSSR count). The number of hydrogen-bond donors (Lipinski definition) is 0. The van der Waals surface area contributed by atoms with E-state index in [1.54, 1.807) is 7.11 Å². The van der Waals surface area contributed by atoms with E-state index in [9.17, 15) is 0 Å². The summed E-state index contributed by atoms with van der Waals surface area (Å²) in [5.41, 5.74) is 3.72. The fourth-order valence-corrected chi connectivity index (χ4v) is 4.23. The quantitative estimate of drug-likeness (QED) is 0.421. The molecule has 0 saturated carbocycles. The van der Waals surface area contributed by atoms with Crippen molar-refractivity contribution in [3.63, 3.8) is 0 Å². The molecule has 144 valence electrons.